The molecule has 2 aliphatic rings. The fraction of sp³-hybridized carbons (Fsp3) is 0.346. The van der Waals surface area contributed by atoms with Gasteiger partial charge in [-0.25, -0.2) is 9.37 Å². The number of nitrogens with zero attached hydrogens (tertiary/aromatic N) is 7. The summed E-state index contributed by atoms with van der Waals surface area (Å²) in [6.07, 6.45) is 7.15. The number of benzene rings is 1. The molecule has 1 fully saturated rings. The zero-order valence-corrected chi connectivity index (χ0v) is 20.8. The van der Waals surface area contributed by atoms with Gasteiger partial charge in [0.1, 0.15) is 11.5 Å². The lowest BCUT2D eigenvalue weighted by Crippen LogP contribution is -2.46. The molecule has 0 amide bonds. The summed E-state index contributed by atoms with van der Waals surface area (Å²) in [6, 6.07) is 5.37. The second kappa shape index (κ2) is 8.63. The normalized spacial score (nSPS) is 15.9. The Hall–Kier alpha value is -3.92. The molecule has 0 spiro atoms. The molecule has 0 radical (unpaired) electrons. The number of pyridine rings is 2. The van der Waals surface area contributed by atoms with Gasteiger partial charge < -0.3 is 24.2 Å². The van der Waals surface area contributed by atoms with E-state index in [9.17, 15) is 0 Å². The number of aryl methyl sites for hydroxylation is 1. The average Bonchev–Trinajstić information content (AvgIpc) is 3.43. The summed E-state index contributed by atoms with van der Waals surface area (Å²) in [6.45, 7) is 3.01. The molecule has 6 rings (SSSR count). The zero-order valence-electron chi connectivity index (χ0n) is 20.8. The van der Waals surface area contributed by atoms with E-state index in [0.717, 1.165) is 46.5 Å². The van der Waals surface area contributed by atoms with Crippen molar-refractivity contribution < 1.29 is 13.9 Å². The monoisotopic (exact) mass is 489 g/mol. The van der Waals surface area contributed by atoms with Crippen LogP contribution in [0.15, 0.2) is 43.0 Å². The summed E-state index contributed by atoms with van der Waals surface area (Å²) >= 11 is 0. The number of hydrogen-bond acceptors (Lipinski definition) is 8. The third-order valence-corrected chi connectivity index (χ3v) is 6.87. The molecule has 10 heteroatoms. The van der Waals surface area contributed by atoms with Crippen LogP contribution in [0, 0.1) is 11.7 Å². The van der Waals surface area contributed by atoms with Gasteiger partial charge in [0.15, 0.2) is 11.6 Å². The maximum atomic E-state index is 15.4. The Kier molecular flexibility index (Phi) is 5.40. The summed E-state index contributed by atoms with van der Waals surface area (Å²) in [7, 11) is 7.55. The second-order valence-electron chi connectivity index (χ2n) is 9.61. The van der Waals surface area contributed by atoms with Crippen molar-refractivity contribution in [3.8, 4) is 22.6 Å². The van der Waals surface area contributed by atoms with Crippen LogP contribution in [0.25, 0.3) is 22.0 Å². The first kappa shape index (κ1) is 22.5. The van der Waals surface area contributed by atoms with Gasteiger partial charge in [0.05, 0.1) is 55.9 Å². The quantitative estimate of drug-likeness (QED) is 0.406. The van der Waals surface area contributed by atoms with E-state index >= 15 is 4.39 Å². The van der Waals surface area contributed by atoms with E-state index in [0.29, 0.717) is 30.7 Å². The fourth-order valence-corrected chi connectivity index (χ4v) is 5.08. The zero-order chi connectivity index (χ0) is 25.0. The predicted molar refractivity (Wildman–Crippen MR) is 137 cm³/mol. The highest BCUT2D eigenvalue weighted by Crippen LogP contribution is 2.46. The highest BCUT2D eigenvalue weighted by molar-refractivity contribution is 6.04. The van der Waals surface area contributed by atoms with E-state index in [4.69, 9.17) is 9.47 Å². The van der Waals surface area contributed by atoms with Gasteiger partial charge in [0.2, 0.25) is 0 Å². The van der Waals surface area contributed by atoms with Crippen molar-refractivity contribution in [2.24, 2.45) is 13.0 Å². The molecule has 3 aromatic heterocycles. The number of ether oxygens (including phenoxy) is 2. The molecule has 4 aromatic rings. The average molecular weight is 490 g/mol. The molecule has 2 aliphatic heterocycles. The standard InChI is InChI=1S/C26H28FN7O2/c1-31-11-16(12-31)14-36-18-5-21(27)26(29-9-18)34-15-32(2)23-10-28-22-7-24(35-4)19(6-20(22)25(23)34)17-8-30-33(3)13-17/h5-10,13,16H,11-12,14-15H2,1-4H3. The van der Waals surface area contributed by atoms with Crippen LogP contribution >= 0.6 is 0 Å². The van der Waals surface area contributed by atoms with Crippen LogP contribution in [0.1, 0.15) is 0 Å². The van der Waals surface area contributed by atoms with Gasteiger partial charge in [-0.3, -0.25) is 9.67 Å². The van der Waals surface area contributed by atoms with Crippen LogP contribution in [0.2, 0.25) is 0 Å². The molecule has 5 heterocycles. The Labute approximate surface area is 208 Å². The van der Waals surface area contributed by atoms with Gasteiger partial charge in [0.25, 0.3) is 0 Å². The van der Waals surface area contributed by atoms with E-state index in [1.54, 1.807) is 24.2 Å². The van der Waals surface area contributed by atoms with E-state index in [1.807, 2.05) is 48.4 Å². The smallest absolute Gasteiger partial charge is 0.171 e. The minimum absolute atomic E-state index is 0.252. The molecule has 36 heavy (non-hydrogen) atoms. The molecule has 1 aromatic carbocycles. The van der Waals surface area contributed by atoms with Gasteiger partial charge in [-0.2, -0.15) is 5.10 Å². The number of rotatable bonds is 6. The molecule has 1 saturated heterocycles. The largest absolute Gasteiger partial charge is 0.496 e. The van der Waals surface area contributed by atoms with Crippen molar-refractivity contribution in [1.29, 1.82) is 0 Å². The van der Waals surface area contributed by atoms with E-state index < -0.39 is 5.82 Å². The number of fused-ring (bicyclic) bond motifs is 3. The Morgan fingerprint density at radius 2 is 1.89 bits per heavy atom. The lowest BCUT2D eigenvalue weighted by Gasteiger charge is -2.35. The molecular formula is C26H28FN7O2. The van der Waals surface area contributed by atoms with Crippen molar-refractivity contribution in [3.63, 3.8) is 0 Å². The van der Waals surface area contributed by atoms with Gasteiger partial charge >= 0.3 is 0 Å². The van der Waals surface area contributed by atoms with Gasteiger partial charge in [-0.05, 0) is 13.1 Å². The maximum Gasteiger partial charge on any atom is 0.171 e. The summed E-state index contributed by atoms with van der Waals surface area (Å²) in [5, 5.41) is 5.19. The van der Waals surface area contributed by atoms with Crippen molar-refractivity contribution in [3.05, 3.63) is 48.8 Å². The Bertz CT molecular complexity index is 1450. The van der Waals surface area contributed by atoms with E-state index in [2.05, 4.69) is 27.0 Å². The van der Waals surface area contributed by atoms with Crippen molar-refractivity contribution >= 4 is 28.1 Å². The molecule has 0 N–H and O–H groups in total. The SMILES string of the molecule is COc1cc2ncc3c(c2cc1-c1cnn(C)c1)N(c1ncc(OCC2CN(C)C2)cc1F)CN3C. The molecule has 0 unspecified atom stereocenters. The van der Waals surface area contributed by atoms with Crippen LogP contribution in [0.3, 0.4) is 0 Å². The molecule has 0 bridgehead atoms. The third kappa shape index (κ3) is 3.78. The first-order valence-electron chi connectivity index (χ1n) is 11.9. The van der Waals surface area contributed by atoms with Crippen molar-refractivity contribution in [2.45, 2.75) is 0 Å². The highest BCUT2D eigenvalue weighted by Gasteiger charge is 2.31. The number of aromatic nitrogens is 4. The van der Waals surface area contributed by atoms with Crippen LogP contribution in [0.5, 0.6) is 11.5 Å². The van der Waals surface area contributed by atoms with Gasteiger partial charge in [-0.15, -0.1) is 0 Å². The maximum absolute atomic E-state index is 15.4. The Morgan fingerprint density at radius 3 is 2.58 bits per heavy atom. The minimum atomic E-state index is -0.426. The molecule has 186 valence electrons. The number of anilines is 3. The van der Waals surface area contributed by atoms with Gasteiger partial charge in [-0.1, -0.05) is 0 Å². The number of likely N-dealkylation sites (tertiary alicyclic amines) is 1. The Morgan fingerprint density at radius 1 is 1.06 bits per heavy atom. The third-order valence-electron chi connectivity index (χ3n) is 6.87. The molecule has 0 aliphatic carbocycles. The van der Waals surface area contributed by atoms with Crippen molar-refractivity contribution in [1.82, 2.24) is 24.6 Å². The number of hydrogen-bond donors (Lipinski definition) is 0. The molecular weight excluding hydrogens is 461 g/mol. The first-order chi connectivity index (χ1) is 17.4. The van der Waals surface area contributed by atoms with Crippen molar-refractivity contribution in [2.75, 3.05) is 57.4 Å². The Balaban J connectivity index is 1.40. The van der Waals surface area contributed by atoms with Crippen LogP contribution in [-0.2, 0) is 7.05 Å². The molecule has 9 nitrogen and oxygen atoms in total. The number of halogens is 1. The minimum Gasteiger partial charge on any atom is -0.496 e. The highest BCUT2D eigenvalue weighted by atomic mass is 19.1. The van der Waals surface area contributed by atoms with Crippen LogP contribution < -0.4 is 19.3 Å². The molecule has 0 saturated carbocycles. The van der Waals surface area contributed by atoms with Crippen LogP contribution in [0.4, 0.5) is 21.6 Å². The lowest BCUT2D eigenvalue weighted by molar-refractivity contribution is 0.0855. The lowest BCUT2D eigenvalue weighted by atomic mass is 10.0. The number of methoxy groups -OCH3 is 1. The summed E-state index contributed by atoms with van der Waals surface area (Å²) < 4.78 is 28.7. The van der Waals surface area contributed by atoms with E-state index in [1.165, 1.54) is 6.07 Å². The van der Waals surface area contributed by atoms with Crippen LogP contribution in [-0.4, -0.2) is 72.2 Å². The second-order valence-corrected chi connectivity index (χ2v) is 9.61. The summed E-state index contributed by atoms with van der Waals surface area (Å²) in [5.74, 6) is 1.45. The predicted octanol–water partition coefficient (Wildman–Crippen LogP) is 3.66. The topological polar surface area (TPSA) is 71.8 Å². The van der Waals surface area contributed by atoms with Gasteiger partial charge in [0, 0.05) is 67.9 Å². The molecule has 0 atom stereocenters. The summed E-state index contributed by atoms with van der Waals surface area (Å²) in [5.41, 5.74) is 4.33. The fourth-order valence-electron chi connectivity index (χ4n) is 5.08. The first-order valence-corrected chi connectivity index (χ1v) is 11.9. The van der Waals surface area contributed by atoms with E-state index in [-0.39, 0.29) is 5.82 Å². The summed E-state index contributed by atoms with van der Waals surface area (Å²) in [4.78, 5) is 15.3.